The van der Waals surface area contributed by atoms with Crippen molar-refractivity contribution in [2.45, 2.75) is 6.92 Å². The van der Waals surface area contributed by atoms with Crippen molar-refractivity contribution in [3.8, 4) is 0 Å². The van der Waals surface area contributed by atoms with Gasteiger partial charge in [-0.05, 0) is 13.0 Å². The number of nitrogens with two attached hydrogens (primary N) is 1. The average molecular weight is 209 g/mol. The summed E-state index contributed by atoms with van der Waals surface area (Å²) in [6, 6.07) is 1.52. The van der Waals surface area contributed by atoms with E-state index in [1.165, 1.54) is 6.07 Å². The molecule has 0 saturated heterocycles. The number of fused-ring (bicyclic) bond motifs is 1. The lowest BCUT2D eigenvalue weighted by Crippen LogP contribution is -1.98. The third kappa shape index (κ3) is 1.29. The molecule has 0 aliphatic heterocycles. The predicted octanol–water partition coefficient (Wildman–Crippen LogP) is 1.28. The summed E-state index contributed by atoms with van der Waals surface area (Å²) >= 11 is 1.14. The van der Waals surface area contributed by atoms with Gasteiger partial charge in [0.15, 0.2) is 10.8 Å². The molecule has 0 radical (unpaired) electrons. The Morgan fingerprint density at radius 3 is 2.93 bits per heavy atom. The number of pyridine rings is 1. The maximum absolute atomic E-state index is 10.9. The highest BCUT2D eigenvalue weighted by Gasteiger charge is 2.13. The van der Waals surface area contributed by atoms with Crippen LogP contribution in [-0.4, -0.2) is 21.0 Å². The second-order valence-corrected chi connectivity index (χ2v) is 3.85. The Balaban J connectivity index is 2.85. The number of carboxylic acids is 1. The Labute approximate surface area is 83.2 Å². The van der Waals surface area contributed by atoms with Gasteiger partial charge in [0, 0.05) is 5.69 Å². The summed E-state index contributed by atoms with van der Waals surface area (Å²) in [7, 11) is 0. The SMILES string of the molecule is Cc1cc(C(=O)O)c2sc(N)nc2n1. The molecule has 0 bridgehead atoms. The normalized spacial score (nSPS) is 10.6. The molecule has 3 N–H and O–H groups in total. The minimum absolute atomic E-state index is 0.210. The average Bonchev–Trinajstić information content (AvgIpc) is 2.42. The van der Waals surface area contributed by atoms with Crippen LogP contribution >= 0.6 is 11.3 Å². The van der Waals surface area contributed by atoms with E-state index in [4.69, 9.17) is 10.8 Å². The largest absolute Gasteiger partial charge is 0.478 e. The van der Waals surface area contributed by atoms with Gasteiger partial charge in [-0.25, -0.2) is 14.8 Å². The zero-order valence-corrected chi connectivity index (χ0v) is 8.13. The van der Waals surface area contributed by atoms with E-state index in [0.717, 1.165) is 11.3 Å². The molecule has 2 aromatic heterocycles. The lowest BCUT2D eigenvalue weighted by atomic mass is 10.2. The molecule has 0 aromatic carbocycles. The van der Waals surface area contributed by atoms with Crippen molar-refractivity contribution >= 4 is 32.8 Å². The van der Waals surface area contributed by atoms with E-state index in [9.17, 15) is 4.79 Å². The summed E-state index contributed by atoms with van der Waals surface area (Å²) in [4.78, 5) is 18.9. The molecule has 0 aliphatic rings. The first-order valence-corrected chi connectivity index (χ1v) is 4.66. The highest BCUT2D eigenvalue weighted by atomic mass is 32.1. The Hall–Kier alpha value is -1.69. The minimum atomic E-state index is -0.982. The quantitative estimate of drug-likeness (QED) is 0.738. The van der Waals surface area contributed by atoms with Crippen molar-refractivity contribution in [2.24, 2.45) is 0 Å². The number of aromatic carboxylic acids is 1. The third-order valence-electron chi connectivity index (χ3n) is 1.74. The van der Waals surface area contributed by atoms with E-state index in [0.29, 0.717) is 21.2 Å². The number of hydrogen-bond donors (Lipinski definition) is 2. The third-order valence-corrected chi connectivity index (χ3v) is 2.64. The molecule has 6 heteroatoms. The van der Waals surface area contributed by atoms with Gasteiger partial charge in [-0.15, -0.1) is 0 Å². The van der Waals surface area contributed by atoms with E-state index in [1.54, 1.807) is 6.92 Å². The second-order valence-electron chi connectivity index (χ2n) is 2.82. The van der Waals surface area contributed by atoms with Crippen LogP contribution in [0.4, 0.5) is 5.13 Å². The molecule has 2 heterocycles. The number of nitrogen functional groups attached to an aromatic ring is 1. The number of thiazole rings is 1. The minimum Gasteiger partial charge on any atom is -0.478 e. The Morgan fingerprint density at radius 2 is 2.29 bits per heavy atom. The standard InChI is InChI=1S/C8H7N3O2S/c1-3-2-4(7(12)13)5-6(10-3)11-8(9)14-5/h2H,1H3,(H,12,13)(H2,9,10,11). The lowest BCUT2D eigenvalue weighted by molar-refractivity contribution is 0.0699. The van der Waals surface area contributed by atoms with Crippen LogP contribution < -0.4 is 5.73 Å². The van der Waals surface area contributed by atoms with Crippen LogP contribution in [0.3, 0.4) is 0 Å². The van der Waals surface area contributed by atoms with Crippen LogP contribution in [0.15, 0.2) is 6.07 Å². The Bertz CT molecular complexity index is 521. The van der Waals surface area contributed by atoms with Gasteiger partial charge in [-0.2, -0.15) is 0 Å². The van der Waals surface area contributed by atoms with Gasteiger partial charge in [0.1, 0.15) is 0 Å². The number of rotatable bonds is 1. The summed E-state index contributed by atoms with van der Waals surface area (Å²) in [5.74, 6) is -0.982. The van der Waals surface area contributed by atoms with Gasteiger partial charge in [0.25, 0.3) is 0 Å². The summed E-state index contributed by atoms with van der Waals surface area (Å²) < 4.78 is 0.528. The molecular weight excluding hydrogens is 202 g/mol. The molecular formula is C8H7N3O2S. The van der Waals surface area contributed by atoms with Crippen LogP contribution in [-0.2, 0) is 0 Å². The molecule has 0 amide bonds. The van der Waals surface area contributed by atoms with E-state index in [2.05, 4.69) is 9.97 Å². The maximum Gasteiger partial charge on any atom is 0.337 e. The van der Waals surface area contributed by atoms with Crippen molar-refractivity contribution < 1.29 is 9.90 Å². The molecule has 0 spiro atoms. The fourth-order valence-electron chi connectivity index (χ4n) is 1.21. The van der Waals surface area contributed by atoms with Gasteiger partial charge in [0.2, 0.25) is 0 Å². The maximum atomic E-state index is 10.9. The van der Waals surface area contributed by atoms with E-state index >= 15 is 0 Å². The molecule has 0 aliphatic carbocycles. The fourth-order valence-corrected chi connectivity index (χ4v) is 1.99. The van der Waals surface area contributed by atoms with Gasteiger partial charge in [0.05, 0.1) is 10.3 Å². The first-order chi connectivity index (χ1) is 6.58. The number of aryl methyl sites for hydroxylation is 1. The Kier molecular flexibility index (Phi) is 1.85. The molecule has 0 saturated carbocycles. The number of anilines is 1. The highest BCUT2D eigenvalue weighted by molar-refractivity contribution is 7.22. The number of aromatic nitrogens is 2. The molecule has 0 fully saturated rings. The summed E-state index contributed by atoms with van der Waals surface area (Å²) in [6.45, 7) is 1.72. The molecule has 2 aromatic rings. The fraction of sp³-hybridized carbons (Fsp3) is 0.125. The first kappa shape index (κ1) is 8.89. The molecule has 2 rings (SSSR count). The van der Waals surface area contributed by atoms with Crippen LogP contribution in [0, 0.1) is 6.92 Å². The number of hydrogen-bond acceptors (Lipinski definition) is 5. The highest BCUT2D eigenvalue weighted by Crippen LogP contribution is 2.26. The zero-order valence-electron chi connectivity index (χ0n) is 7.31. The number of nitrogens with zero attached hydrogens (tertiary/aromatic N) is 2. The number of carbonyl (C=O) groups is 1. The zero-order chi connectivity index (χ0) is 10.3. The smallest absolute Gasteiger partial charge is 0.337 e. The number of carboxylic acid groups (broad SMARTS) is 1. The Morgan fingerprint density at radius 1 is 1.57 bits per heavy atom. The van der Waals surface area contributed by atoms with Gasteiger partial charge in [-0.1, -0.05) is 11.3 Å². The topological polar surface area (TPSA) is 89.1 Å². The van der Waals surface area contributed by atoms with E-state index in [1.807, 2.05) is 0 Å². The van der Waals surface area contributed by atoms with Gasteiger partial charge >= 0.3 is 5.97 Å². The summed E-state index contributed by atoms with van der Waals surface area (Å²) in [5, 5.41) is 9.26. The van der Waals surface area contributed by atoms with Crippen molar-refractivity contribution in [2.75, 3.05) is 5.73 Å². The van der Waals surface area contributed by atoms with Gasteiger partial charge < -0.3 is 10.8 Å². The van der Waals surface area contributed by atoms with Crippen LogP contribution in [0.25, 0.3) is 10.3 Å². The van der Waals surface area contributed by atoms with Crippen LogP contribution in [0.5, 0.6) is 0 Å². The second kappa shape index (κ2) is 2.91. The summed E-state index contributed by atoms with van der Waals surface area (Å²) in [5.41, 5.74) is 6.73. The first-order valence-electron chi connectivity index (χ1n) is 3.85. The van der Waals surface area contributed by atoms with Crippen molar-refractivity contribution in [1.29, 1.82) is 0 Å². The van der Waals surface area contributed by atoms with E-state index < -0.39 is 5.97 Å². The monoisotopic (exact) mass is 209 g/mol. The van der Waals surface area contributed by atoms with Gasteiger partial charge in [-0.3, -0.25) is 0 Å². The van der Waals surface area contributed by atoms with Crippen LogP contribution in [0.2, 0.25) is 0 Å². The molecule has 0 atom stereocenters. The summed E-state index contributed by atoms with van der Waals surface area (Å²) in [6.07, 6.45) is 0. The van der Waals surface area contributed by atoms with E-state index in [-0.39, 0.29) is 5.56 Å². The van der Waals surface area contributed by atoms with Crippen molar-refractivity contribution in [3.05, 3.63) is 17.3 Å². The molecule has 72 valence electrons. The van der Waals surface area contributed by atoms with Crippen molar-refractivity contribution in [3.63, 3.8) is 0 Å². The van der Waals surface area contributed by atoms with Crippen LogP contribution in [0.1, 0.15) is 16.1 Å². The molecule has 5 nitrogen and oxygen atoms in total. The molecule has 14 heavy (non-hydrogen) atoms. The lowest BCUT2D eigenvalue weighted by Gasteiger charge is -1.96. The predicted molar refractivity (Wildman–Crippen MR) is 53.5 cm³/mol. The van der Waals surface area contributed by atoms with Crippen molar-refractivity contribution in [1.82, 2.24) is 9.97 Å². The molecule has 0 unspecified atom stereocenters.